The first-order valence-corrected chi connectivity index (χ1v) is 13.1. The monoisotopic (exact) mass is 546 g/mol. The van der Waals surface area contributed by atoms with Crippen molar-refractivity contribution in [3.8, 4) is 16.9 Å². The maximum atomic E-state index is 13.8. The van der Waals surface area contributed by atoms with Gasteiger partial charge in [-0.3, -0.25) is 0 Å². The molecule has 0 unspecified atom stereocenters. The van der Waals surface area contributed by atoms with Crippen molar-refractivity contribution in [2.75, 3.05) is 0 Å². The summed E-state index contributed by atoms with van der Waals surface area (Å²) in [5.74, 6) is -0.555. The first-order valence-electron chi connectivity index (χ1n) is 8.37. The summed E-state index contributed by atoms with van der Waals surface area (Å²) < 4.78 is 43.4. The number of halogens is 3. The normalized spacial score (nSPS) is 21.0. The quantitative estimate of drug-likeness (QED) is 0.470. The summed E-state index contributed by atoms with van der Waals surface area (Å²) in [6.07, 6.45) is 5.29. The molecule has 0 amide bonds. The molecule has 0 radical (unpaired) electrons. The van der Waals surface area contributed by atoms with E-state index in [9.17, 15) is 13.2 Å². The van der Waals surface area contributed by atoms with Gasteiger partial charge in [-0.1, -0.05) is 0 Å². The molecule has 2 aromatic carbocycles. The van der Waals surface area contributed by atoms with E-state index < -0.39 is 18.2 Å². The molecule has 0 spiro atoms. The zero-order valence-corrected chi connectivity index (χ0v) is 21.9. The molecule has 24 heavy (non-hydrogen) atoms. The molecular weight excluding hydrogens is 527 g/mol. The fourth-order valence-corrected chi connectivity index (χ4v) is 6.15. The molecule has 0 saturated heterocycles. The van der Waals surface area contributed by atoms with Crippen LogP contribution in [-0.2, 0) is 0 Å². The number of benzene rings is 2. The molecule has 1 fully saturated rings. The van der Waals surface area contributed by atoms with Crippen LogP contribution < -0.4 is 4.74 Å². The number of ether oxygens (including phenoxy) is 1. The van der Waals surface area contributed by atoms with Crippen LogP contribution in [0.15, 0.2) is 42.5 Å². The zero-order valence-electron chi connectivity index (χ0n) is 13.6. The van der Waals surface area contributed by atoms with E-state index in [4.69, 9.17) is 0 Å². The summed E-state index contributed by atoms with van der Waals surface area (Å²) >= 11 is 0.630. The van der Waals surface area contributed by atoms with Gasteiger partial charge < -0.3 is 4.74 Å². The van der Waals surface area contributed by atoms with Crippen LogP contribution in [0, 0.1) is 48.6 Å². The second-order valence-corrected chi connectivity index (χ2v) is 13.3. The molecule has 0 bridgehead atoms. The maximum absolute atomic E-state index is 13.8. The van der Waals surface area contributed by atoms with Gasteiger partial charge in [0.25, 0.3) is 0 Å². The summed E-state index contributed by atoms with van der Waals surface area (Å²) in [7, 11) is 0. The molecule has 0 atom stereocenters. The van der Waals surface area contributed by atoms with Crippen molar-refractivity contribution >= 4 is 0 Å². The number of rotatable bonds is 4. The standard InChI is InChI=1S/C19H18F3O.Ra.H/c20-17-12-16(10-11-18(17)23-19(21)22)15-8-6-14(7-9-15)13-4-2-1-3-5-13;;/h1,6-13,19H,2-5H2;;. The molecule has 0 N–H and O–H groups in total. The Morgan fingerprint density at radius 2 is 1.54 bits per heavy atom. The van der Waals surface area contributed by atoms with Crippen molar-refractivity contribution in [3.63, 3.8) is 0 Å². The molecule has 1 aliphatic rings. The topological polar surface area (TPSA) is 9.23 Å². The minimum Gasteiger partial charge on any atom is -0.432 e. The van der Waals surface area contributed by atoms with Crippen LogP contribution in [0.5, 0.6) is 5.75 Å². The van der Waals surface area contributed by atoms with Crippen LogP contribution in [0.25, 0.3) is 11.1 Å². The van der Waals surface area contributed by atoms with E-state index >= 15 is 0 Å². The van der Waals surface area contributed by atoms with Crippen molar-refractivity contribution in [3.05, 3.63) is 53.8 Å². The summed E-state index contributed by atoms with van der Waals surface area (Å²) in [6.45, 7) is -3.02. The Balaban J connectivity index is 1.74. The van der Waals surface area contributed by atoms with Crippen molar-refractivity contribution < 1.29 is 60.7 Å². The Hall–Kier alpha value is -0.502. The molecule has 0 aromatic heterocycles. The van der Waals surface area contributed by atoms with Gasteiger partial charge >= 0.3 is 157 Å². The molecule has 3 rings (SSSR count). The summed E-state index contributed by atoms with van der Waals surface area (Å²) in [5, 5.41) is 0. The van der Waals surface area contributed by atoms with Gasteiger partial charge in [0.1, 0.15) is 0 Å². The fourth-order valence-electron chi connectivity index (χ4n) is 3.41. The van der Waals surface area contributed by atoms with E-state index in [0.29, 0.717) is 54.3 Å². The van der Waals surface area contributed by atoms with Gasteiger partial charge in [0, 0.05) is 0 Å². The summed E-state index contributed by atoms with van der Waals surface area (Å²) in [5.41, 5.74) is 2.89. The van der Waals surface area contributed by atoms with E-state index in [1.165, 1.54) is 43.4 Å². The van der Waals surface area contributed by atoms with E-state index in [1.54, 1.807) is 6.07 Å². The minimum absolute atomic E-state index is 0.424. The molecule has 1 nitrogen and oxygen atoms in total. The minimum atomic E-state index is -3.02. The first-order chi connectivity index (χ1) is 11.5. The fraction of sp³-hybridized carbons (Fsp3) is 0.368. The second kappa shape index (κ2) is 8.25. The third-order valence-corrected chi connectivity index (χ3v) is 9.62. The predicted octanol–water partition coefficient (Wildman–Crippen LogP) is 5.82. The van der Waals surface area contributed by atoms with Gasteiger partial charge in [0.05, 0.1) is 0 Å². The summed E-state index contributed by atoms with van der Waals surface area (Å²) in [4.78, 5) is 0. The Morgan fingerprint density at radius 1 is 0.917 bits per heavy atom. The SMILES string of the molecule is Fc1cc(-c2ccc(C3CC[CH]([RaH])CC3)cc2)ccc1OC(F)F. The molecule has 0 heterocycles. The Bertz CT molecular complexity index is 680. The molecular formula is C19H19F3ORa. The first kappa shape index (κ1) is 18.3. The Morgan fingerprint density at radius 3 is 2.12 bits per heavy atom. The van der Waals surface area contributed by atoms with Gasteiger partial charge in [0.2, 0.25) is 0 Å². The van der Waals surface area contributed by atoms with Crippen molar-refractivity contribution in [1.29, 1.82) is 0 Å². The molecule has 5 heteroatoms. The van der Waals surface area contributed by atoms with Crippen molar-refractivity contribution in [1.82, 2.24) is 0 Å². The molecule has 0 aliphatic heterocycles. The van der Waals surface area contributed by atoms with Crippen molar-refractivity contribution in [2.45, 2.75) is 39.2 Å². The van der Waals surface area contributed by atoms with E-state index in [-0.39, 0.29) is 0 Å². The number of alkyl halides is 2. The average Bonchev–Trinajstić information content (AvgIpc) is 2.57. The third-order valence-electron chi connectivity index (χ3n) is 4.88. The van der Waals surface area contributed by atoms with Crippen LogP contribution in [0.2, 0.25) is 0.959 Å². The van der Waals surface area contributed by atoms with Crippen molar-refractivity contribution in [2.24, 2.45) is 0 Å². The van der Waals surface area contributed by atoms with Gasteiger partial charge in [-0.25, -0.2) is 0 Å². The number of hydrogen-bond donors (Lipinski definition) is 0. The van der Waals surface area contributed by atoms with Crippen LogP contribution in [0.4, 0.5) is 13.2 Å². The van der Waals surface area contributed by atoms with E-state index in [1.807, 2.05) is 12.1 Å². The van der Waals surface area contributed by atoms with Gasteiger partial charge in [-0.05, 0) is 0 Å². The summed E-state index contributed by atoms with van der Waals surface area (Å²) in [6, 6.07) is 12.3. The molecule has 1 saturated carbocycles. The molecule has 1 aliphatic carbocycles. The Labute approximate surface area is 169 Å². The van der Waals surface area contributed by atoms with Crippen LogP contribution in [0.1, 0.15) is 37.2 Å². The molecule has 124 valence electrons. The van der Waals surface area contributed by atoms with Crippen LogP contribution in [-0.4, -0.2) is 6.61 Å². The van der Waals surface area contributed by atoms with E-state index in [0.717, 1.165) is 6.52 Å². The molecule has 2 aromatic rings. The smallest absolute Gasteiger partial charge is 0.432 e. The van der Waals surface area contributed by atoms with Gasteiger partial charge in [-0.15, -0.1) is 0 Å². The Kier molecular flexibility index (Phi) is 6.29. The second-order valence-electron chi connectivity index (χ2n) is 6.60. The average molecular weight is 546 g/mol. The van der Waals surface area contributed by atoms with Crippen LogP contribution >= 0.6 is 0 Å². The number of hydrogen-bond acceptors (Lipinski definition) is 1. The predicted molar refractivity (Wildman–Crippen MR) is 84.8 cm³/mol. The van der Waals surface area contributed by atoms with Gasteiger partial charge in [0.15, 0.2) is 0 Å². The zero-order chi connectivity index (χ0) is 17.1. The third kappa shape index (κ3) is 4.56. The van der Waals surface area contributed by atoms with E-state index in [2.05, 4.69) is 16.9 Å². The van der Waals surface area contributed by atoms with Crippen LogP contribution in [0.3, 0.4) is 0 Å². The van der Waals surface area contributed by atoms with Gasteiger partial charge in [-0.2, -0.15) is 8.78 Å².